The van der Waals surface area contributed by atoms with Gasteiger partial charge in [0.25, 0.3) is 0 Å². The van der Waals surface area contributed by atoms with Gasteiger partial charge < -0.3 is 20.4 Å². The molecule has 0 saturated heterocycles. The van der Waals surface area contributed by atoms with Crippen LogP contribution in [0.5, 0.6) is 5.75 Å². The quantitative estimate of drug-likeness (QED) is 0.599. The van der Waals surface area contributed by atoms with E-state index in [1.54, 1.807) is 12.1 Å². The van der Waals surface area contributed by atoms with Crippen molar-refractivity contribution in [1.82, 2.24) is 9.88 Å². The lowest BCUT2D eigenvalue weighted by atomic mass is 9.96. The van der Waals surface area contributed by atoms with Gasteiger partial charge in [-0.05, 0) is 56.1 Å². The van der Waals surface area contributed by atoms with Gasteiger partial charge in [-0.25, -0.2) is 8.78 Å². The molecule has 1 atom stereocenters. The fraction of sp³-hybridized carbons (Fsp3) is 0.318. The number of fused-ring (bicyclic) bond motifs is 2. The zero-order chi connectivity index (χ0) is 20.4. The van der Waals surface area contributed by atoms with E-state index < -0.39 is 11.7 Å². The Labute approximate surface area is 167 Å². The van der Waals surface area contributed by atoms with E-state index in [9.17, 15) is 13.6 Å². The normalized spacial score (nSPS) is 15.9. The van der Waals surface area contributed by atoms with Crippen molar-refractivity contribution < 1.29 is 18.3 Å². The number of halogens is 2. The Balaban J connectivity index is 1.29. The van der Waals surface area contributed by atoms with E-state index in [4.69, 9.17) is 10.5 Å². The number of aryl methyl sites for hydroxylation is 1. The number of carbonyl (C=O) groups excluding carboxylic acids is 1. The van der Waals surface area contributed by atoms with Crippen LogP contribution in [0.15, 0.2) is 42.6 Å². The third kappa shape index (κ3) is 3.96. The van der Waals surface area contributed by atoms with Crippen LogP contribution >= 0.6 is 0 Å². The molecule has 2 heterocycles. The summed E-state index contributed by atoms with van der Waals surface area (Å²) >= 11 is 0. The molecule has 3 N–H and O–H groups in total. The fourth-order valence-corrected chi connectivity index (χ4v) is 3.90. The van der Waals surface area contributed by atoms with Crippen molar-refractivity contribution in [2.75, 3.05) is 13.2 Å². The number of unbranched alkanes of at least 4 members (excludes halogenated alkanes) is 1. The molecule has 152 valence electrons. The molecule has 0 aliphatic carbocycles. The smallest absolute Gasteiger partial charge is 0.249 e. The Kier molecular flexibility index (Phi) is 5.49. The van der Waals surface area contributed by atoms with Crippen molar-refractivity contribution in [3.8, 4) is 5.75 Å². The predicted octanol–water partition coefficient (Wildman–Crippen LogP) is 3.39. The summed E-state index contributed by atoms with van der Waals surface area (Å²) in [6, 6.07) is 9.52. The minimum absolute atomic E-state index is 0.0103. The van der Waals surface area contributed by atoms with Gasteiger partial charge in [0.05, 0.1) is 5.52 Å². The average Bonchev–Trinajstić information content (AvgIpc) is 3.12. The lowest BCUT2D eigenvalue weighted by Crippen LogP contribution is -2.40. The first-order valence-corrected chi connectivity index (χ1v) is 9.75. The Hall–Kier alpha value is -2.93. The fourth-order valence-electron chi connectivity index (χ4n) is 3.90. The highest BCUT2D eigenvalue weighted by Crippen LogP contribution is 2.31. The number of aromatic nitrogens is 1. The third-order valence-electron chi connectivity index (χ3n) is 5.38. The highest BCUT2D eigenvalue weighted by molar-refractivity contribution is 5.95. The maximum atomic E-state index is 13.9. The van der Waals surface area contributed by atoms with Gasteiger partial charge >= 0.3 is 0 Å². The average molecular weight is 399 g/mol. The molecule has 3 aromatic rings. The maximum Gasteiger partial charge on any atom is 0.249 e. The SMILES string of the molecule is NC(=O)c1ccc(F)c2c1CC(NCCCCn1ccc3c(F)cccc31)CO2. The Morgan fingerprint density at radius 1 is 1.17 bits per heavy atom. The summed E-state index contributed by atoms with van der Waals surface area (Å²) in [4.78, 5) is 11.6. The maximum absolute atomic E-state index is 13.9. The van der Waals surface area contributed by atoms with Crippen molar-refractivity contribution in [3.05, 3.63) is 65.4 Å². The van der Waals surface area contributed by atoms with E-state index in [0.717, 1.165) is 31.4 Å². The molecule has 1 aromatic heterocycles. The van der Waals surface area contributed by atoms with Gasteiger partial charge in [-0.1, -0.05) is 6.07 Å². The van der Waals surface area contributed by atoms with Crippen molar-refractivity contribution in [3.63, 3.8) is 0 Å². The molecule has 0 radical (unpaired) electrons. The van der Waals surface area contributed by atoms with Crippen LogP contribution in [-0.4, -0.2) is 29.7 Å². The molecular formula is C22H23F2N3O2. The number of amides is 1. The van der Waals surface area contributed by atoms with Crippen LogP contribution in [0.1, 0.15) is 28.8 Å². The summed E-state index contributed by atoms with van der Waals surface area (Å²) in [5, 5.41) is 4.05. The third-order valence-corrected chi connectivity index (χ3v) is 5.38. The largest absolute Gasteiger partial charge is 0.489 e. The second-order valence-electron chi connectivity index (χ2n) is 7.32. The number of hydrogen-bond acceptors (Lipinski definition) is 3. The lowest BCUT2D eigenvalue weighted by Gasteiger charge is -2.27. The molecule has 1 aliphatic heterocycles. The van der Waals surface area contributed by atoms with Gasteiger partial charge in [-0.2, -0.15) is 0 Å². The Morgan fingerprint density at radius 2 is 2.03 bits per heavy atom. The van der Waals surface area contributed by atoms with Gasteiger partial charge in [0.15, 0.2) is 11.6 Å². The minimum atomic E-state index is -0.583. The van der Waals surface area contributed by atoms with E-state index >= 15 is 0 Å². The zero-order valence-corrected chi connectivity index (χ0v) is 16.0. The highest BCUT2D eigenvalue weighted by atomic mass is 19.1. The number of benzene rings is 2. The van der Waals surface area contributed by atoms with Gasteiger partial charge in [-0.3, -0.25) is 4.79 Å². The van der Waals surface area contributed by atoms with E-state index in [-0.39, 0.29) is 17.6 Å². The first-order valence-electron chi connectivity index (χ1n) is 9.75. The molecule has 0 fully saturated rings. The van der Waals surface area contributed by atoms with Gasteiger partial charge in [0.1, 0.15) is 12.4 Å². The van der Waals surface area contributed by atoms with Crippen molar-refractivity contribution >= 4 is 16.8 Å². The lowest BCUT2D eigenvalue weighted by molar-refractivity contribution is 0.0997. The predicted molar refractivity (Wildman–Crippen MR) is 107 cm³/mol. The van der Waals surface area contributed by atoms with E-state index in [1.165, 1.54) is 18.2 Å². The zero-order valence-electron chi connectivity index (χ0n) is 16.0. The van der Waals surface area contributed by atoms with Crippen molar-refractivity contribution in [1.29, 1.82) is 0 Å². The summed E-state index contributed by atoms with van der Waals surface area (Å²) in [6.45, 7) is 1.90. The first-order chi connectivity index (χ1) is 14.0. The standard InChI is InChI=1S/C22H23F2N3O2/c23-18-4-3-5-20-16(18)8-11-27(20)10-2-1-9-26-14-12-17-15(22(25)28)6-7-19(24)21(17)29-13-14/h3-8,11,14,26H,1-2,9-10,12-13H2,(H2,25,28). The molecule has 4 rings (SSSR count). The topological polar surface area (TPSA) is 69.3 Å². The van der Waals surface area contributed by atoms with Crippen LogP contribution in [0.25, 0.3) is 10.9 Å². The number of nitrogens with two attached hydrogens (primary N) is 1. The van der Waals surface area contributed by atoms with Gasteiger partial charge in [0, 0.05) is 35.3 Å². The monoisotopic (exact) mass is 399 g/mol. The van der Waals surface area contributed by atoms with E-state index in [1.807, 2.05) is 12.3 Å². The summed E-state index contributed by atoms with van der Waals surface area (Å²) in [6.07, 6.45) is 4.25. The number of nitrogens with one attached hydrogen (secondary N) is 1. The summed E-state index contributed by atoms with van der Waals surface area (Å²) < 4.78 is 35.3. The first kappa shape index (κ1) is 19.4. The van der Waals surface area contributed by atoms with Crippen LogP contribution in [0.4, 0.5) is 8.78 Å². The number of hydrogen-bond donors (Lipinski definition) is 2. The molecule has 0 spiro atoms. The summed E-state index contributed by atoms with van der Waals surface area (Å²) in [5.74, 6) is -1.13. The second-order valence-corrected chi connectivity index (χ2v) is 7.32. The second kappa shape index (κ2) is 8.21. The Bertz CT molecular complexity index is 1050. The van der Waals surface area contributed by atoms with Crippen LogP contribution < -0.4 is 15.8 Å². The Morgan fingerprint density at radius 3 is 2.86 bits per heavy atom. The van der Waals surface area contributed by atoms with E-state index in [0.29, 0.717) is 29.5 Å². The molecule has 5 nitrogen and oxygen atoms in total. The molecule has 1 aliphatic rings. The minimum Gasteiger partial charge on any atom is -0.489 e. The van der Waals surface area contributed by atoms with Crippen LogP contribution in [-0.2, 0) is 13.0 Å². The highest BCUT2D eigenvalue weighted by Gasteiger charge is 2.26. The molecule has 0 saturated carbocycles. The molecule has 1 amide bonds. The van der Waals surface area contributed by atoms with Crippen LogP contribution in [0, 0.1) is 11.6 Å². The van der Waals surface area contributed by atoms with Crippen molar-refractivity contribution in [2.45, 2.75) is 31.8 Å². The molecule has 0 bridgehead atoms. The number of rotatable bonds is 7. The number of ether oxygens (including phenoxy) is 1. The van der Waals surface area contributed by atoms with Crippen molar-refractivity contribution in [2.24, 2.45) is 5.73 Å². The van der Waals surface area contributed by atoms with Gasteiger partial charge in [0.2, 0.25) is 5.91 Å². The van der Waals surface area contributed by atoms with Crippen LogP contribution in [0.3, 0.4) is 0 Å². The summed E-state index contributed by atoms with van der Waals surface area (Å²) in [7, 11) is 0. The number of carbonyl (C=O) groups is 1. The molecule has 7 heteroatoms. The van der Waals surface area contributed by atoms with Crippen LogP contribution in [0.2, 0.25) is 0 Å². The van der Waals surface area contributed by atoms with Gasteiger partial charge in [-0.15, -0.1) is 0 Å². The molecular weight excluding hydrogens is 376 g/mol. The van der Waals surface area contributed by atoms with E-state index in [2.05, 4.69) is 9.88 Å². The number of nitrogens with zero attached hydrogens (tertiary/aromatic N) is 1. The number of primary amides is 1. The molecule has 1 unspecified atom stereocenters. The summed E-state index contributed by atoms with van der Waals surface area (Å²) in [5.41, 5.74) is 7.14. The molecule has 29 heavy (non-hydrogen) atoms. The molecule has 2 aromatic carbocycles.